The van der Waals surface area contributed by atoms with Gasteiger partial charge in [-0.2, -0.15) is 0 Å². The third-order valence-corrected chi connectivity index (χ3v) is 4.64. The van der Waals surface area contributed by atoms with E-state index in [0.717, 1.165) is 24.4 Å². The van der Waals surface area contributed by atoms with Crippen molar-refractivity contribution in [2.75, 3.05) is 26.0 Å². The van der Waals surface area contributed by atoms with Crippen LogP contribution in [0.25, 0.3) is 11.0 Å². The Hall–Kier alpha value is -1.44. The van der Waals surface area contributed by atoms with Crippen LogP contribution >= 0.6 is 0 Å². The molecule has 1 atom stereocenters. The molecule has 0 spiro atoms. The summed E-state index contributed by atoms with van der Waals surface area (Å²) in [7, 11) is -1.30. The first kappa shape index (κ1) is 13.5. The molecule has 1 fully saturated rings. The minimum absolute atomic E-state index is 0.0946. The molecule has 1 unspecified atom stereocenters. The maximum Gasteiger partial charge on any atom is 0.175 e. The highest BCUT2D eigenvalue weighted by Gasteiger charge is 2.22. The Bertz CT molecular complexity index is 746. The standard InChI is InChI=1S/C13H17N3O3S/c1-16-11-4-3-9(20(2,17)18)7-10(11)15-13(16)12-8-14-5-6-19-12/h3-4,7,12,14H,5-6,8H2,1-2H3. The second-order valence-corrected chi connectivity index (χ2v) is 7.03. The summed E-state index contributed by atoms with van der Waals surface area (Å²) in [5.41, 5.74) is 1.58. The molecule has 0 aliphatic carbocycles. The Balaban J connectivity index is 2.09. The first-order valence-corrected chi connectivity index (χ1v) is 8.35. The van der Waals surface area contributed by atoms with Crippen molar-refractivity contribution in [2.45, 2.75) is 11.0 Å². The zero-order valence-electron chi connectivity index (χ0n) is 11.5. The quantitative estimate of drug-likeness (QED) is 0.880. The summed E-state index contributed by atoms with van der Waals surface area (Å²) >= 11 is 0. The van der Waals surface area contributed by atoms with E-state index >= 15 is 0 Å². The number of hydrogen-bond donors (Lipinski definition) is 1. The Labute approximate surface area is 117 Å². The van der Waals surface area contributed by atoms with Crippen LogP contribution in [-0.2, 0) is 21.6 Å². The number of morpholine rings is 1. The van der Waals surface area contributed by atoms with E-state index in [1.54, 1.807) is 18.2 Å². The van der Waals surface area contributed by atoms with Gasteiger partial charge in [-0.1, -0.05) is 0 Å². The van der Waals surface area contributed by atoms with Crippen molar-refractivity contribution in [1.29, 1.82) is 0 Å². The summed E-state index contributed by atoms with van der Waals surface area (Å²) in [6.07, 6.45) is 1.11. The number of rotatable bonds is 2. The molecule has 7 heteroatoms. The molecule has 6 nitrogen and oxygen atoms in total. The lowest BCUT2D eigenvalue weighted by Crippen LogP contribution is -2.34. The molecule has 1 N–H and O–H groups in total. The first-order chi connectivity index (χ1) is 9.47. The molecule has 1 saturated heterocycles. The van der Waals surface area contributed by atoms with E-state index in [-0.39, 0.29) is 11.0 Å². The van der Waals surface area contributed by atoms with Crippen LogP contribution in [0, 0.1) is 0 Å². The molecule has 108 valence electrons. The molecule has 1 aliphatic heterocycles. The van der Waals surface area contributed by atoms with Crippen molar-refractivity contribution in [3.63, 3.8) is 0 Å². The van der Waals surface area contributed by atoms with Crippen LogP contribution in [0.4, 0.5) is 0 Å². The molecule has 0 bridgehead atoms. The summed E-state index contributed by atoms with van der Waals surface area (Å²) in [6.45, 7) is 2.22. The van der Waals surface area contributed by atoms with Crippen molar-refractivity contribution >= 4 is 20.9 Å². The summed E-state index contributed by atoms with van der Waals surface area (Å²) in [6, 6.07) is 5.02. The van der Waals surface area contributed by atoms with Gasteiger partial charge in [0.15, 0.2) is 9.84 Å². The minimum atomic E-state index is -3.22. The second-order valence-electron chi connectivity index (χ2n) is 5.02. The first-order valence-electron chi connectivity index (χ1n) is 6.45. The van der Waals surface area contributed by atoms with Crippen LogP contribution in [0.2, 0.25) is 0 Å². The molecule has 2 heterocycles. The number of benzene rings is 1. The Morgan fingerprint density at radius 3 is 2.90 bits per heavy atom. The van der Waals surface area contributed by atoms with E-state index in [2.05, 4.69) is 10.3 Å². The van der Waals surface area contributed by atoms with Crippen molar-refractivity contribution in [1.82, 2.24) is 14.9 Å². The second kappa shape index (κ2) is 4.83. The molecule has 1 aromatic carbocycles. The Kier molecular flexibility index (Phi) is 3.27. The van der Waals surface area contributed by atoms with E-state index in [0.29, 0.717) is 12.1 Å². The van der Waals surface area contributed by atoms with E-state index in [9.17, 15) is 8.42 Å². The van der Waals surface area contributed by atoms with E-state index < -0.39 is 9.84 Å². The van der Waals surface area contributed by atoms with Crippen molar-refractivity contribution in [3.05, 3.63) is 24.0 Å². The van der Waals surface area contributed by atoms with Gasteiger partial charge in [0.05, 0.1) is 22.5 Å². The molecular weight excluding hydrogens is 278 g/mol. The Morgan fingerprint density at radius 2 is 2.25 bits per heavy atom. The van der Waals surface area contributed by atoms with Crippen molar-refractivity contribution < 1.29 is 13.2 Å². The average molecular weight is 295 g/mol. The maximum atomic E-state index is 11.6. The van der Waals surface area contributed by atoms with Gasteiger partial charge in [-0.05, 0) is 18.2 Å². The fraction of sp³-hybridized carbons (Fsp3) is 0.462. The van der Waals surface area contributed by atoms with Crippen LogP contribution < -0.4 is 5.32 Å². The number of nitrogens with one attached hydrogen (secondary N) is 1. The van der Waals surface area contributed by atoms with E-state index in [1.807, 2.05) is 11.6 Å². The van der Waals surface area contributed by atoms with Gasteiger partial charge in [0.2, 0.25) is 0 Å². The number of hydrogen-bond acceptors (Lipinski definition) is 5. The molecule has 0 amide bonds. The van der Waals surface area contributed by atoms with Gasteiger partial charge in [0.1, 0.15) is 11.9 Å². The van der Waals surface area contributed by atoms with E-state index in [4.69, 9.17) is 4.74 Å². The van der Waals surface area contributed by atoms with Gasteiger partial charge in [0, 0.05) is 26.4 Å². The number of aryl methyl sites for hydroxylation is 1. The van der Waals surface area contributed by atoms with E-state index in [1.165, 1.54) is 6.26 Å². The topological polar surface area (TPSA) is 73.2 Å². The largest absolute Gasteiger partial charge is 0.368 e. The molecule has 2 aromatic rings. The maximum absolute atomic E-state index is 11.6. The van der Waals surface area contributed by atoms with Crippen LogP contribution in [0.3, 0.4) is 0 Å². The molecule has 3 rings (SSSR count). The average Bonchev–Trinajstić information content (AvgIpc) is 2.76. The molecule has 0 saturated carbocycles. The van der Waals surface area contributed by atoms with Gasteiger partial charge in [-0.3, -0.25) is 0 Å². The highest BCUT2D eigenvalue weighted by atomic mass is 32.2. The summed E-state index contributed by atoms with van der Waals surface area (Å²) in [5, 5.41) is 3.27. The predicted octanol–water partition coefficient (Wildman–Crippen LogP) is 0.638. The molecular formula is C13H17N3O3S. The van der Waals surface area contributed by atoms with Gasteiger partial charge in [-0.15, -0.1) is 0 Å². The zero-order chi connectivity index (χ0) is 14.3. The third kappa shape index (κ3) is 2.32. The smallest absolute Gasteiger partial charge is 0.175 e. The van der Waals surface area contributed by atoms with Crippen LogP contribution in [-0.4, -0.2) is 43.9 Å². The monoisotopic (exact) mass is 295 g/mol. The molecule has 20 heavy (non-hydrogen) atoms. The van der Waals surface area contributed by atoms with Crippen molar-refractivity contribution in [2.24, 2.45) is 7.05 Å². The number of fused-ring (bicyclic) bond motifs is 1. The van der Waals surface area contributed by atoms with Crippen LogP contribution in [0.15, 0.2) is 23.1 Å². The number of ether oxygens (including phenoxy) is 1. The lowest BCUT2D eigenvalue weighted by atomic mass is 10.3. The van der Waals surface area contributed by atoms with Crippen molar-refractivity contribution in [3.8, 4) is 0 Å². The normalized spacial score (nSPS) is 20.4. The molecule has 1 aromatic heterocycles. The fourth-order valence-corrected chi connectivity index (χ4v) is 3.09. The minimum Gasteiger partial charge on any atom is -0.368 e. The SMILES string of the molecule is Cn1c(C2CNCCO2)nc2cc(S(C)(=O)=O)ccc21. The predicted molar refractivity (Wildman–Crippen MR) is 75.4 cm³/mol. The fourth-order valence-electron chi connectivity index (χ4n) is 2.45. The number of nitrogens with zero attached hydrogens (tertiary/aromatic N) is 2. The van der Waals surface area contributed by atoms with Gasteiger partial charge in [0.25, 0.3) is 0 Å². The summed E-state index contributed by atoms with van der Waals surface area (Å²) in [4.78, 5) is 4.83. The van der Waals surface area contributed by atoms with Crippen LogP contribution in [0.1, 0.15) is 11.9 Å². The van der Waals surface area contributed by atoms with Gasteiger partial charge < -0.3 is 14.6 Å². The van der Waals surface area contributed by atoms with Gasteiger partial charge in [-0.25, -0.2) is 13.4 Å². The summed E-state index contributed by atoms with van der Waals surface area (Å²) in [5.74, 6) is 0.817. The summed E-state index contributed by atoms with van der Waals surface area (Å²) < 4.78 is 30.9. The third-order valence-electron chi connectivity index (χ3n) is 3.53. The highest BCUT2D eigenvalue weighted by molar-refractivity contribution is 7.90. The molecule has 0 radical (unpaired) electrons. The van der Waals surface area contributed by atoms with Gasteiger partial charge >= 0.3 is 0 Å². The number of imidazole rings is 1. The zero-order valence-corrected chi connectivity index (χ0v) is 12.3. The lowest BCUT2D eigenvalue weighted by molar-refractivity contribution is 0.0208. The lowest BCUT2D eigenvalue weighted by Gasteiger charge is -2.23. The van der Waals surface area contributed by atoms with Crippen LogP contribution in [0.5, 0.6) is 0 Å². The molecule has 1 aliphatic rings. The Morgan fingerprint density at radius 1 is 1.45 bits per heavy atom. The number of aromatic nitrogens is 2. The highest BCUT2D eigenvalue weighted by Crippen LogP contribution is 2.24. The number of sulfone groups is 1.